The van der Waals surface area contributed by atoms with Crippen LogP contribution in [0, 0.1) is 5.92 Å². The van der Waals surface area contributed by atoms with Crippen LogP contribution in [0.4, 0.5) is 0 Å². The van der Waals surface area contributed by atoms with Crippen LogP contribution >= 0.6 is 0 Å². The SMILES string of the molecule is O=C(CCNC(=O)[C@@H]1C[C@H]1c1c[nH]cn1)c1c[nH]cn1. The van der Waals surface area contributed by atoms with Crippen LogP contribution in [-0.4, -0.2) is 38.2 Å². The molecule has 2 aromatic rings. The van der Waals surface area contributed by atoms with Crippen LogP contribution in [-0.2, 0) is 4.79 Å². The van der Waals surface area contributed by atoms with Crippen molar-refractivity contribution in [3.05, 3.63) is 36.4 Å². The fraction of sp³-hybridized carbons (Fsp3) is 0.385. The Morgan fingerprint density at radius 3 is 2.75 bits per heavy atom. The van der Waals surface area contributed by atoms with Crippen molar-refractivity contribution in [2.45, 2.75) is 18.8 Å². The lowest BCUT2D eigenvalue weighted by atomic mass is 10.2. The average molecular weight is 273 g/mol. The molecular weight excluding hydrogens is 258 g/mol. The van der Waals surface area contributed by atoms with Gasteiger partial charge in [-0.3, -0.25) is 9.59 Å². The second kappa shape index (κ2) is 5.28. The van der Waals surface area contributed by atoms with Crippen LogP contribution < -0.4 is 5.32 Å². The maximum atomic E-state index is 11.9. The van der Waals surface area contributed by atoms with Crippen LogP contribution in [0.25, 0.3) is 0 Å². The lowest BCUT2D eigenvalue weighted by Crippen LogP contribution is -2.27. The van der Waals surface area contributed by atoms with Gasteiger partial charge in [0.1, 0.15) is 5.69 Å². The van der Waals surface area contributed by atoms with Gasteiger partial charge in [-0.15, -0.1) is 0 Å². The standard InChI is InChI=1S/C13H15N5O2/c19-12(11-5-15-7-18-11)1-2-16-13(20)9-3-8(9)10-4-14-6-17-10/h4-9H,1-3H2,(H,14,17)(H,15,18)(H,16,20)/t8-,9-/m1/s1. The van der Waals surface area contributed by atoms with Crippen LogP contribution in [0.1, 0.15) is 34.9 Å². The highest BCUT2D eigenvalue weighted by Gasteiger charge is 2.44. The van der Waals surface area contributed by atoms with Gasteiger partial charge in [-0.05, 0) is 6.42 Å². The van der Waals surface area contributed by atoms with Crippen LogP contribution in [0.5, 0.6) is 0 Å². The predicted octanol–water partition coefficient (Wildman–Crippen LogP) is 0.625. The van der Waals surface area contributed by atoms with E-state index in [1.807, 2.05) is 6.20 Å². The molecular formula is C13H15N5O2. The van der Waals surface area contributed by atoms with Gasteiger partial charge in [0.2, 0.25) is 5.91 Å². The topological polar surface area (TPSA) is 104 Å². The van der Waals surface area contributed by atoms with Crippen LogP contribution in [0.3, 0.4) is 0 Å². The normalized spacial score (nSPS) is 20.6. The fourth-order valence-electron chi connectivity index (χ4n) is 2.26. The third-order valence-electron chi connectivity index (χ3n) is 3.46. The molecule has 0 bridgehead atoms. The number of carbonyl (C=O) groups excluding carboxylic acids is 2. The number of ketones is 1. The summed E-state index contributed by atoms with van der Waals surface area (Å²) in [5.41, 5.74) is 1.33. The number of rotatable bonds is 6. The smallest absolute Gasteiger partial charge is 0.223 e. The summed E-state index contributed by atoms with van der Waals surface area (Å²) in [7, 11) is 0. The first kappa shape index (κ1) is 12.6. The number of H-pyrrole nitrogens is 2. The summed E-state index contributed by atoms with van der Waals surface area (Å²) >= 11 is 0. The van der Waals surface area contributed by atoms with E-state index in [1.165, 1.54) is 6.33 Å². The summed E-state index contributed by atoms with van der Waals surface area (Å²) in [5, 5.41) is 2.79. The van der Waals surface area contributed by atoms with Gasteiger partial charge in [0.15, 0.2) is 5.78 Å². The number of hydrogen-bond donors (Lipinski definition) is 3. The van der Waals surface area contributed by atoms with Crippen molar-refractivity contribution >= 4 is 11.7 Å². The van der Waals surface area contributed by atoms with E-state index in [0.29, 0.717) is 12.2 Å². The van der Waals surface area contributed by atoms with E-state index in [1.54, 1.807) is 12.5 Å². The highest BCUT2D eigenvalue weighted by atomic mass is 16.2. The van der Waals surface area contributed by atoms with Gasteiger partial charge in [-0.1, -0.05) is 0 Å². The van der Waals surface area contributed by atoms with E-state index in [0.717, 1.165) is 12.1 Å². The molecule has 1 saturated carbocycles. The molecule has 0 radical (unpaired) electrons. The van der Waals surface area contributed by atoms with E-state index < -0.39 is 0 Å². The number of nitrogens with one attached hydrogen (secondary N) is 3. The van der Waals surface area contributed by atoms with Gasteiger partial charge >= 0.3 is 0 Å². The highest BCUT2D eigenvalue weighted by Crippen LogP contribution is 2.46. The number of carbonyl (C=O) groups is 2. The molecule has 0 spiro atoms. The number of aromatic nitrogens is 4. The highest BCUT2D eigenvalue weighted by molar-refractivity contribution is 5.94. The molecule has 0 saturated heterocycles. The summed E-state index contributed by atoms with van der Waals surface area (Å²) in [4.78, 5) is 37.2. The molecule has 2 aromatic heterocycles. The first-order chi connectivity index (χ1) is 9.75. The zero-order valence-electron chi connectivity index (χ0n) is 10.8. The maximum absolute atomic E-state index is 11.9. The molecule has 1 fully saturated rings. The number of imidazole rings is 2. The average Bonchev–Trinajstić information content (AvgIpc) is 2.88. The number of hydrogen-bond acceptors (Lipinski definition) is 4. The predicted molar refractivity (Wildman–Crippen MR) is 70.0 cm³/mol. The molecule has 7 nitrogen and oxygen atoms in total. The Hall–Kier alpha value is -2.44. The zero-order valence-corrected chi connectivity index (χ0v) is 10.8. The minimum absolute atomic E-state index is 0.00664. The molecule has 20 heavy (non-hydrogen) atoms. The van der Waals surface area contributed by atoms with Crippen molar-refractivity contribution in [3.63, 3.8) is 0 Å². The van der Waals surface area contributed by atoms with Gasteiger partial charge in [0, 0.05) is 37.2 Å². The van der Waals surface area contributed by atoms with Gasteiger partial charge in [-0.2, -0.15) is 0 Å². The van der Waals surface area contributed by atoms with E-state index in [-0.39, 0.29) is 29.9 Å². The summed E-state index contributed by atoms with van der Waals surface area (Å²) in [6.07, 6.45) is 7.54. The van der Waals surface area contributed by atoms with Crippen molar-refractivity contribution in [1.82, 2.24) is 25.3 Å². The van der Waals surface area contributed by atoms with Gasteiger partial charge in [-0.25, -0.2) is 9.97 Å². The number of amides is 1. The van der Waals surface area contributed by atoms with Gasteiger partial charge in [0.05, 0.1) is 18.3 Å². The number of Topliss-reactive ketones (excluding diaryl/α,β-unsaturated/α-hetero) is 1. The summed E-state index contributed by atoms with van der Waals surface area (Å²) in [6, 6.07) is 0. The summed E-state index contributed by atoms with van der Waals surface area (Å²) < 4.78 is 0. The Morgan fingerprint density at radius 1 is 1.25 bits per heavy atom. The molecule has 2 heterocycles. The summed E-state index contributed by atoms with van der Waals surface area (Å²) in [6.45, 7) is 0.342. The summed E-state index contributed by atoms with van der Waals surface area (Å²) in [5.74, 6) is 0.112. The Morgan fingerprint density at radius 2 is 2.05 bits per heavy atom. The van der Waals surface area contributed by atoms with Crippen LogP contribution in [0.15, 0.2) is 25.0 Å². The minimum atomic E-state index is -0.0776. The van der Waals surface area contributed by atoms with E-state index >= 15 is 0 Å². The lowest BCUT2D eigenvalue weighted by Gasteiger charge is -2.03. The molecule has 1 aliphatic carbocycles. The maximum Gasteiger partial charge on any atom is 0.223 e. The van der Waals surface area contributed by atoms with Gasteiger partial charge in [0.25, 0.3) is 0 Å². The van der Waals surface area contributed by atoms with Crippen LogP contribution in [0.2, 0.25) is 0 Å². The minimum Gasteiger partial charge on any atom is -0.355 e. The molecule has 1 aliphatic rings. The largest absolute Gasteiger partial charge is 0.355 e. The first-order valence-corrected chi connectivity index (χ1v) is 6.54. The van der Waals surface area contributed by atoms with Crippen molar-refractivity contribution in [3.8, 4) is 0 Å². The van der Waals surface area contributed by atoms with E-state index in [9.17, 15) is 9.59 Å². The Kier molecular flexibility index (Phi) is 3.32. The third-order valence-corrected chi connectivity index (χ3v) is 3.46. The third kappa shape index (κ3) is 2.61. The van der Waals surface area contributed by atoms with Crippen molar-refractivity contribution in [2.75, 3.05) is 6.54 Å². The van der Waals surface area contributed by atoms with Crippen molar-refractivity contribution in [2.24, 2.45) is 5.92 Å². The Labute approximate surface area is 115 Å². The lowest BCUT2D eigenvalue weighted by molar-refractivity contribution is -0.122. The molecule has 104 valence electrons. The van der Waals surface area contributed by atoms with Crippen molar-refractivity contribution < 1.29 is 9.59 Å². The molecule has 3 rings (SSSR count). The molecule has 7 heteroatoms. The molecule has 3 N–H and O–H groups in total. The molecule has 0 aromatic carbocycles. The Balaban J connectivity index is 1.41. The quantitative estimate of drug-likeness (QED) is 0.671. The van der Waals surface area contributed by atoms with Crippen molar-refractivity contribution in [1.29, 1.82) is 0 Å². The molecule has 2 atom stereocenters. The molecule has 1 amide bonds. The van der Waals surface area contributed by atoms with Gasteiger partial charge < -0.3 is 15.3 Å². The fourth-order valence-corrected chi connectivity index (χ4v) is 2.26. The van der Waals surface area contributed by atoms with E-state index in [4.69, 9.17) is 0 Å². The second-order valence-corrected chi connectivity index (χ2v) is 4.86. The Bertz CT molecular complexity index is 590. The number of nitrogens with zero attached hydrogens (tertiary/aromatic N) is 2. The zero-order chi connectivity index (χ0) is 13.9. The second-order valence-electron chi connectivity index (χ2n) is 4.86. The molecule has 0 aliphatic heterocycles. The molecule has 0 unspecified atom stereocenters. The number of aromatic amines is 2. The monoisotopic (exact) mass is 273 g/mol. The first-order valence-electron chi connectivity index (χ1n) is 6.54. The van der Waals surface area contributed by atoms with E-state index in [2.05, 4.69) is 25.3 Å².